The molecule has 40 heavy (non-hydrogen) atoms. The molecule has 8 heteroatoms. The molecule has 0 aromatic heterocycles. The Morgan fingerprint density at radius 2 is 1.43 bits per heavy atom. The number of nitrogens with two attached hydrogens (primary N) is 1. The number of carbonyl (C=O) groups is 2. The molecule has 2 saturated heterocycles. The first-order valence-electron chi connectivity index (χ1n) is 14.4. The molecule has 2 heterocycles. The first-order chi connectivity index (χ1) is 19.3. The van der Waals surface area contributed by atoms with Crippen molar-refractivity contribution in [1.82, 2.24) is 9.80 Å². The van der Waals surface area contributed by atoms with Crippen molar-refractivity contribution in [2.24, 2.45) is 29.4 Å². The number of halogens is 2. The standard InChI is InChI=1S/C16H17FN2O2.C16H25FN2/c1-2-12-9-15(20)19(16(21)14(12)10-18)8-7-11-3-5-13(17)6-4-11;1-2-14-8-10-19(12-15(14)11-18)9-7-13-3-5-16(17)6-4-13/h3-6,12,14H,2,7-9H2,1H3;3-6,14-15H,2,7-12,18H2,1H3/t;14-,15-/m.1/s1. The van der Waals surface area contributed by atoms with Gasteiger partial charge in [-0.2, -0.15) is 5.26 Å². The Balaban J connectivity index is 0.000000222. The molecule has 2 fully saturated rings. The normalized spacial score (nSPS) is 23.4. The van der Waals surface area contributed by atoms with Gasteiger partial charge in [0.1, 0.15) is 17.6 Å². The van der Waals surface area contributed by atoms with Gasteiger partial charge in [0.25, 0.3) is 0 Å². The SMILES string of the molecule is CCC1CC(=O)N(CCc2ccc(F)cc2)C(=O)C1C#N.CC[C@@H]1CCN(CCc2ccc(F)cc2)C[C@H]1CN. The van der Waals surface area contributed by atoms with Gasteiger partial charge in [-0.1, -0.05) is 51.0 Å². The molecule has 0 saturated carbocycles. The minimum atomic E-state index is -0.735. The van der Waals surface area contributed by atoms with Crippen LogP contribution in [0.5, 0.6) is 0 Å². The van der Waals surface area contributed by atoms with Crippen LogP contribution in [0, 0.1) is 46.6 Å². The fourth-order valence-corrected chi connectivity index (χ4v) is 5.71. The van der Waals surface area contributed by atoms with Crippen LogP contribution >= 0.6 is 0 Å². The van der Waals surface area contributed by atoms with Gasteiger partial charge in [0.05, 0.1) is 6.07 Å². The number of amides is 2. The van der Waals surface area contributed by atoms with E-state index in [0.717, 1.165) is 37.5 Å². The summed E-state index contributed by atoms with van der Waals surface area (Å²) in [6.07, 6.45) is 4.85. The quantitative estimate of drug-likeness (QED) is 0.444. The van der Waals surface area contributed by atoms with Gasteiger partial charge in [-0.15, -0.1) is 0 Å². The third-order valence-corrected chi connectivity index (χ3v) is 8.37. The minimum Gasteiger partial charge on any atom is -0.330 e. The molecule has 2 aliphatic heterocycles. The second-order valence-electron chi connectivity index (χ2n) is 10.9. The first-order valence-corrected chi connectivity index (χ1v) is 14.4. The van der Waals surface area contributed by atoms with Gasteiger partial charge in [0.2, 0.25) is 11.8 Å². The molecule has 6 nitrogen and oxygen atoms in total. The van der Waals surface area contributed by atoms with E-state index < -0.39 is 11.8 Å². The van der Waals surface area contributed by atoms with E-state index >= 15 is 0 Å². The van der Waals surface area contributed by atoms with Crippen LogP contribution in [0.3, 0.4) is 0 Å². The Morgan fingerprint density at radius 1 is 0.875 bits per heavy atom. The summed E-state index contributed by atoms with van der Waals surface area (Å²) in [5.74, 6) is -0.574. The van der Waals surface area contributed by atoms with Gasteiger partial charge >= 0.3 is 0 Å². The first kappa shape index (κ1) is 31.4. The summed E-state index contributed by atoms with van der Waals surface area (Å²) in [4.78, 5) is 28.0. The summed E-state index contributed by atoms with van der Waals surface area (Å²) in [6, 6.07) is 14.8. The smallest absolute Gasteiger partial charge is 0.246 e. The van der Waals surface area contributed by atoms with Gasteiger partial charge < -0.3 is 10.6 Å². The van der Waals surface area contributed by atoms with E-state index in [1.165, 1.54) is 42.0 Å². The van der Waals surface area contributed by atoms with Crippen LogP contribution in [0.2, 0.25) is 0 Å². The molecule has 2 aromatic carbocycles. The van der Waals surface area contributed by atoms with E-state index in [1.54, 1.807) is 24.3 Å². The molecule has 216 valence electrons. The molecule has 2 aromatic rings. The third-order valence-electron chi connectivity index (χ3n) is 8.37. The number of nitrogens with zero attached hydrogens (tertiary/aromatic N) is 3. The fraction of sp³-hybridized carbons (Fsp3) is 0.531. The van der Waals surface area contributed by atoms with Gasteiger partial charge in [-0.25, -0.2) is 8.78 Å². The lowest BCUT2D eigenvalue weighted by molar-refractivity contribution is -0.152. The summed E-state index contributed by atoms with van der Waals surface area (Å²) in [7, 11) is 0. The molecule has 4 rings (SSSR count). The van der Waals surface area contributed by atoms with Gasteiger partial charge in [-0.3, -0.25) is 14.5 Å². The van der Waals surface area contributed by atoms with E-state index in [4.69, 9.17) is 11.0 Å². The summed E-state index contributed by atoms with van der Waals surface area (Å²) >= 11 is 0. The van der Waals surface area contributed by atoms with Crippen molar-refractivity contribution in [2.45, 2.75) is 52.4 Å². The van der Waals surface area contributed by atoms with Crippen LogP contribution in [0.1, 0.15) is 50.7 Å². The Morgan fingerprint density at radius 3 is 1.93 bits per heavy atom. The maximum atomic E-state index is 12.8. The topological polar surface area (TPSA) is 90.4 Å². The Hall–Kier alpha value is -3.15. The number of nitriles is 1. The molecule has 0 aliphatic carbocycles. The van der Waals surface area contributed by atoms with E-state index in [0.29, 0.717) is 18.8 Å². The largest absolute Gasteiger partial charge is 0.330 e. The monoisotopic (exact) mass is 552 g/mol. The van der Waals surface area contributed by atoms with E-state index in [-0.39, 0.29) is 36.4 Å². The Labute approximate surface area is 237 Å². The lowest BCUT2D eigenvalue weighted by Crippen LogP contribution is -2.49. The van der Waals surface area contributed by atoms with Crippen LogP contribution in [-0.2, 0) is 22.4 Å². The van der Waals surface area contributed by atoms with E-state index in [1.807, 2.05) is 25.1 Å². The summed E-state index contributed by atoms with van der Waals surface area (Å²) in [5.41, 5.74) is 7.95. The van der Waals surface area contributed by atoms with Crippen molar-refractivity contribution in [2.75, 3.05) is 32.7 Å². The van der Waals surface area contributed by atoms with Crippen LogP contribution in [0.4, 0.5) is 8.78 Å². The highest BCUT2D eigenvalue weighted by Crippen LogP contribution is 2.28. The molecule has 2 aliphatic rings. The second-order valence-corrected chi connectivity index (χ2v) is 10.9. The number of hydrogen-bond donors (Lipinski definition) is 1. The molecule has 2 amide bonds. The van der Waals surface area contributed by atoms with Crippen molar-refractivity contribution in [3.63, 3.8) is 0 Å². The van der Waals surface area contributed by atoms with E-state index in [9.17, 15) is 18.4 Å². The molecule has 2 N–H and O–H groups in total. The third kappa shape index (κ3) is 8.67. The zero-order valence-corrected chi connectivity index (χ0v) is 23.7. The van der Waals surface area contributed by atoms with Crippen LogP contribution < -0.4 is 5.73 Å². The lowest BCUT2D eigenvalue weighted by Gasteiger charge is -2.37. The summed E-state index contributed by atoms with van der Waals surface area (Å²) < 4.78 is 25.7. The maximum Gasteiger partial charge on any atom is 0.246 e. The number of imide groups is 1. The highest BCUT2D eigenvalue weighted by Gasteiger charge is 2.40. The molecule has 4 atom stereocenters. The zero-order chi connectivity index (χ0) is 29.1. The molecular formula is C32H42F2N4O2. The van der Waals surface area contributed by atoms with Crippen LogP contribution in [0.15, 0.2) is 48.5 Å². The molecular weight excluding hydrogens is 510 g/mol. The predicted octanol–water partition coefficient (Wildman–Crippen LogP) is 4.97. The molecule has 0 radical (unpaired) electrons. The Kier molecular flexibility index (Phi) is 12.2. The number of piperidine rings is 2. The number of rotatable bonds is 9. The lowest BCUT2D eigenvalue weighted by atomic mass is 9.83. The summed E-state index contributed by atoms with van der Waals surface area (Å²) in [5, 5.41) is 9.13. The summed E-state index contributed by atoms with van der Waals surface area (Å²) in [6.45, 7) is 8.53. The van der Waals surface area contributed by atoms with Crippen molar-refractivity contribution in [3.05, 3.63) is 71.3 Å². The van der Waals surface area contributed by atoms with Gasteiger partial charge in [0.15, 0.2) is 0 Å². The molecule has 0 spiro atoms. The van der Waals surface area contributed by atoms with Gasteiger partial charge in [-0.05, 0) is 85.5 Å². The molecule has 2 unspecified atom stereocenters. The minimum absolute atomic E-state index is 0.157. The van der Waals surface area contributed by atoms with Crippen molar-refractivity contribution >= 4 is 11.8 Å². The number of benzene rings is 2. The van der Waals surface area contributed by atoms with Crippen LogP contribution in [0.25, 0.3) is 0 Å². The van der Waals surface area contributed by atoms with Crippen molar-refractivity contribution < 1.29 is 18.4 Å². The van der Waals surface area contributed by atoms with Crippen molar-refractivity contribution in [1.29, 1.82) is 5.26 Å². The predicted molar refractivity (Wildman–Crippen MR) is 152 cm³/mol. The fourth-order valence-electron chi connectivity index (χ4n) is 5.71. The molecule has 0 bridgehead atoms. The zero-order valence-electron chi connectivity index (χ0n) is 23.7. The Bertz CT molecular complexity index is 1130. The highest BCUT2D eigenvalue weighted by molar-refractivity contribution is 6.00. The number of likely N-dealkylation sites (tertiary alicyclic amines) is 2. The average molecular weight is 553 g/mol. The van der Waals surface area contributed by atoms with E-state index in [2.05, 4.69) is 11.8 Å². The average Bonchev–Trinajstić information content (AvgIpc) is 2.97. The highest BCUT2D eigenvalue weighted by atomic mass is 19.1. The maximum absolute atomic E-state index is 12.8. The number of hydrogen-bond acceptors (Lipinski definition) is 5. The van der Waals surface area contributed by atoms with Gasteiger partial charge in [0, 0.05) is 26.1 Å². The second kappa shape index (κ2) is 15.6. The number of carbonyl (C=O) groups excluding carboxylic acids is 2. The van der Waals surface area contributed by atoms with Crippen molar-refractivity contribution in [3.8, 4) is 6.07 Å². The van der Waals surface area contributed by atoms with Crippen LogP contribution in [-0.4, -0.2) is 54.3 Å².